The number of aromatic nitrogens is 4. The highest BCUT2D eigenvalue weighted by Crippen LogP contribution is 2.63. The number of fused-ring (bicyclic) bond motifs is 11. The first-order valence-corrected chi connectivity index (χ1v) is 30.7. The molecule has 0 saturated carbocycles. The van der Waals surface area contributed by atoms with Gasteiger partial charge in [0.15, 0.2) is 0 Å². The minimum atomic E-state index is -0.0961. The van der Waals surface area contributed by atoms with E-state index in [2.05, 4.69) is 77.9 Å². The van der Waals surface area contributed by atoms with Gasteiger partial charge in [-0.25, -0.2) is 0 Å². The van der Waals surface area contributed by atoms with Gasteiger partial charge in [-0.1, -0.05) is 188 Å². The van der Waals surface area contributed by atoms with Crippen molar-refractivity contribution < 1.29 is 0 Å². The molecule has 0 saturated heterocycles. The molecule has 8 heteroatoms. The Balaban J connectivity index is 1.26. The van der Waals surface area contributed by atoms with Crippen molar-refractivity contribution in [3.05, 3.63) is 69.1 Å². The molecule has 0 unspecified atom stereocenters. The second-order valence-corrected chi connectivity index (χ2v) is 24.7. The molecule has 0 fully saturated rings. The molecular weight excluding hydrogens is 905 g/mol. The molecule has 0 radical (unpaired) electrons. The normalized spacial score (nSPS) is 14.4. The fourth-order valence-corrected chi connectivity index (χ4v) is 16.4. The van der Waals surface area contributed by atoms with Gasteiger partial charge in [-0.2, -0.15) is 17.5 Å². The molecule has 2 aliphatic rings. The van der Waals surface area contributed by atoms with Gasteiger partial charge < -0.3 is 0 Å². The van der Waals surface area contributed by atoms with Crippen molar-refractivity contribution in [3.63, 3.8) is 0 Å². The van der Waals surface area contributed by atoms with Crippen molar-refractivity contribution in [2.45, 2.75) is 232 Å². The Morgan fingerprint density at radius 1 is 0.368 bits per heavy atom. The fourth-order valence-electron chi connectivity index (χ4n) is 12.9. The molecule has 0 spiro atoms. The summed E-state index contributed by atoms with van der Waals surface area (Å²) in [6.07, 6.45) is 36.3. The summed E-state index contributed by atoms with van der Waals surface area (Å²) in [6, 6.07) is 15.7. The van der Waals surface area contributed by atoms with Crippen molar-refractivity contribution in [1.82, 2.24) is 17.5 Å². The topological polar surface area (TPSA) is 51.6 Å². The predicted octanol–water partition coefficient (Wildman–Crippen LogP) is 20.8. The molecule has 0 N–H and O–H groups in total. The van der Waals surface area contributed by atoms with E-state index in [9.17, 15) is 0 Å². The van der Waals surface area contributed by atoms with Crippen LogP contribution in [-0.4, -0.2) is 17.5 Å². The van der Waals surface area contributed by atoms with Gasteiger partial charge in [0.1, 0.15) is 22.1 Å². The number of unbranched alkanes of at least 4 members (excludes halogenated alkanes) is 20. The predicted molar refractivity (Wildman–Crippen MR) is 301 cm³/mol. The van der Waals surface area contributed by atoms with Gasteiger partial charge in [0.2, 0.25) is 0 Å². The zero-order valence-electron chi connectivity index (χ0n) is 42.7. The van der Waals surface area contributed by atoms with E-state index < -0.39 is 0 Å². The Kier molecular flexibility index (Phi) is 16.9. The van der Waals surface area contributed by atoms with E-state index in [1.165, 1.54) is 256 Å². The van der Waals surface area contributed by atoms with Gasteiger partial charge in [-0.15, -0.1) is 22.7 Å². The molecule has 9 rings (SSSR count). The summed E-state index contributed by atoms with van der Waals surface area (Å²) in [4.78, 5) is 2.73. The first kappa shape index (κ1) is 49.9. The van der Waals surface area contributed by atoms with Crippen LogP contribution in [0.2, 0.25) is 0 Å². The number of rotatable bonds is 29. The van der Waals surface area contributed by atoms with Crippen LogP contribution in [0.5, 0.6) is 0 Å². The summed E-state index contributed by atoms with van der Waals surface area (Å²) in [6.45, 7) is 13.9. The van der Waals surface area contributed by atoms with Crippen LogP contribution < -0.4 is 0 Å². The molecule has 0 amide bonds. The second kappa shape index (κ2) is 23.0. The summed E-state index contributed by atoms with van der Waals surface area (Å²) < 4.78 is 23.6. The smallest absolute Gasteiger partial charge is 0.114 e. The summed E-state index contributed by atoms with van der Waals surface area (Å²) >= 11 is 6.71. The molecule has 0 atom stereocenters. The molecule has 0 bridgehead atoms. The van der Waals surface area contributed by atoms with E-state index in [4.69, 9.17) is 17.5 Å². The lowest BCUT2D eigenvalue weighted by molar-refractivity contribution is 0.394. The SMILES string of the molecule is CCCCCCCCC1(CCCCCCCC)c2cc3c(cc2-c2c1cc(C)c1nsnc21)C(CCCCCCCC)(CCCCCCCC)c1cc(-c2cc4sc(C)cc4s2)c2nsnc2c1-3. The maximum atomic E-state index is 5.36. The minimum Gasteiger partial charge on any atom is -0.173 e. The lowest BCUT2D eigenvalue weighted by Crippen LogP contribution is -2.27. The van der Waals surface area contributed by atoms with Gasteiger partial charge in [-0.3, -0.25) is 0 Å². The minimum absolute atomic E-state index is 0.0536. The monoisotopic (exact) mass is 985 g/mol. The van der Waals surface area contributed by atoms with E-state index in [0.717, 1.165) is 22.1 Å². The molecule has 4 heterocycles. The average molecular weight is 986 g/mol. The van der Waals surface area contributed by atoms with Crippen LogP contribution in [0, 0.1) is 13.8 Å². The first-order chi connectivity index (χ1) is 33.4. The Morgan fingerprint density at radius 2 is 0.750 bits per heavy atom. The maximum absolute atomic E-state index is 5.36. The zero-order valence-corrected chi connectivity index (χ0v) is 46.0. The number of thiophene rings is 2. The number of nitrogens with zero attached hydrogens (tertiary/aromatic N) is 4. The van der Waals surface area contributed by atoms with Crippen LogP contribution >= 0.6 is 46.1 Å². The van der Waals surface area contributed by atoms with E-state index in [1.54, 1.807) is 22.3 Å². The Bertz CT molecular complexity index is 2700. The summed E-state index contributed by atoms with van der Waals surface area (Å²) in [5.41, 5.74) is 18.9. The third-order valence-corrected chi connectivity index (χ3v) is 19.7. The zero-order chi connectivity index (χ0) is 47.1. The molecule has 0 aliphatic heterocycles. The summed E-state index contributed by atoms with van der Waals surface area (Å²) in [5, 5.41) is 0. The molecule has 68 heavy (non-hydrogen) atoms. The van der Waals surface area contributed by atoms with Gasteiger partial charge in [-0.05, 0) is 109 Å². The van der Waals surface area contributed by atoms with Crippen molar-refractivity contribution in [1.29, 1.82) is 0 Å². The van der Waals surface area contributed by atoms with Crippen molar-refractivity contribution in [3.8, 4) is 32.7 Å². The van der Waals surface area contributed by atoms with Crippen LogP contribution in [0.3, 0.4) is 0 Å². The molecular formula is C60H80N4S4. The Morgan fingerprint density at radius 3 is 1.22 bits per heavy atom. The molecule has 4 aromatic heterocycles. The van der Waals surface area contributed by atoms with Gasteiger partial charge in [0.05, 0.1) is 23.5 Å². The quantitative estimate of drug-likeness (QED) is 0.0439. The lowest BCUT2D eigenvalue weighted by Gasteiger charge is -2.35. The third-order valence-electron chi connectivity index (χ3n) is 16.5. The van der Waals surface area contributed by atoms with Crippen LogP contribution in [-0.2, 0) is 10.8 Å². The number of benzene rings is 3. The highest BCUT2D eigenvalue weighted by molar-refractivity contribution is 7.29. The van der Waals surface area contributed by atoms with Crippen molar-refractivity contribution in [2.24, 2.45) is 0 Å². The maximum Gasteiger partial charge on any atom is 0.114 e. The average Bonchev–Trinajstić information content (AvgIpc) is 4.21. The van der Waals surface area contributed by atoms with Gasteiger partial charge in [0, 0.05) is 46.7 Å². The van der Waals surface area contributed by atoms with Gasteiger partial charge >= 0.3 is 0 Å². The highest BCUT2D eigenvalue weighted by atomic mass is 32.1. The molecule has 4 nitrogen and oxygen atoms in total. The third kappa shape index (κ3) is 9.81. The van der Waals surface area contributed by atoms with Crippen molar-refractivity contribution >= 4 is 77.6 Å². The van der Waals surface area contributed by atoms with Crippen LogP contribution in [0.1, 0.15) is 240 Å². The summed E-state index contributed by atoms with van der Waals surface area (Å²) in [5.74, 6) is 0. The molecule has 7 aromatic rings. The Labute approximate surface area is 426 Å². The lowest BCUT2D eigenvalue weighted by atomic mass is 9.68. The fraction of sp³-hybridized carbons (Fsp3) is 0.600. The molecule has 3 aromatic carbocycles. The number of aryl methyl sites for hydroxylation is 2. The molecule has 364 valence electrons. The standard InChI is InChI=1S/C60H80N4S4/c1-7-11-15-19-23-27-31-59(32-28-24-20-16-12-8-2)46-38-44-47(37-43(46)53-48(59)35-41(5)55-57(53)63-67-61-55)60(33-29-25-21-17-13-9-3,34-30-26-22-18-14-10-4)49-39-45(56-58(54(44)49)64-68-62-56)50-40-52-51(66-50)36-42(6)65-52/h35-40H,7-34H2,1-6H3. The van der Waals surface area contributed by atoms with E-state index in [-0.39, 0.29) is 10.8 Å². The van der Waals surface area contributed by atoms with Crippen molar-refractivity contribution in [2.75, 3.05) is 0 Å². The molecule has 2 aliphatic carbocycles. The van der Waals surface area contributed by atoms with E-state index >= 15 is 0 Å². The number of hydrogen-bond acceptors (Lipinski definition) is 8. The van der Waals surface area contributed by atoms with Gasteiger partial charge in [0.25, 0.3) is 0 Å². The van der Waals surface area contributed by atoms with Crippen LogP contribution in [0.25, 0.3) is 64.2 Å². The van der Waals surface area contributed by atoms with Crippen LogP contribution in [0.4, 0.5) is 0 Å². The van der Waals surface area contributed by atoms with Crippen LogP contribution in [0.15, 0.2) is 36.4 Å². The largest absolute Gasteiger partial charge is 0.173 e. The number of hydrogen-bond donors (Lipinski definition) is 0. The summed E-state index contributed by atoms with van der Waals surface area (Å²) in [7, 11) is 0. The van der Waals surface area contributed by atoms with E-state index in [1.807, 2.05) is 22.7 Å². The second-order valence-electron chi connectivity index (χ2n) is 21.3. The first-order valence-electron chi connectivity index (χ1n) is 27.6. The Hall–Kier alpha value is -3.04. The highest BCUT2D eigenvalue weighted by Gasteiger charge is 2.50. The van der Waals surface area contributed by atoms with E-state index in [0.29, 0.717) is 0 Å².